The molecular weight excluding hydrogens is 280 g/mol. The third-order valence-corrected chi connectivity index (χ3v) is 4.28. The minimum atomic E-state index is 0.280. The number of nitrogens with zero attached hydrogens (tertiary/aromatic N) is 1. The van der Waals surface area contributed by atoms with E-state index in [0.29, 0.717) is 5.69 Å². The maximum Gasteiger partial charge on any atom is 0.159 e. The first-order valence-corrected chi connectivity index (χ1v) is 6.93. The Bertz CT molecular complexity index is 377. The molecule has 3 unspecified atom stereocenters. The summed E-state index contributed by atoms with van der Waals surface area (Å²) in [6.45, 7) is 4.61. The topological polar surface area (TPSA) is 48.1 Å². The summed E-state index contributed by atoms with van der Waals surface area (Å²) in [4.78, 5) is 4.01. The van der Waals surface area contributed by atoms with Gasteiger partial charge in [-0.2, -0.15) is 0 Å². The second-order valence-electron chi connectivity index (χ2n) is 5.05. The molecule has 2 rings (SSSR count). The Hall–Kier alpha value is -0.770. The van der Waals surface area contributed by atoms with Gasteiger partial charge < -0.3 is 10.5 Å². The minimum absolute atomic E-state index is 0.280. The molecule has 0 amide bonds. The van der Waals surface area contributed by atoms with Crippen LogP contribution in [-0.4, -0.2) is 11.1 Å². The Morgan fingerprint density at radius 3 is 2.71 bits per heavy atom. The highest BCUT2D eigenvalue weighted by atomic mass is 79.9. The van der Waals surface area contributed by atoms with Crippen molar-refractivity contribution in [2.75, 3.05) is 5.73 Å². The molecule has 1 heterocycles. The van der Waals surface area contributed by atoms with Crippen LogP contribution in [0.3, 0.4) is 0 Å². The number of hydrogen-bond acceptors (Lipinski definition) is 3. The molecule has 3 nitrogen and oxygen atoms in total. The zero-order valence-electron chi connectivity index (χ0n) is 10.3. The first kappa shape index (κ1) is 12.7. The van der Waals surface area contributed by atoms with E-state index in [-0.39, 0.29) is 6.10 Å². The van der Waals surface area contributed by atoms with Crippen LogP contribution >= 0.6 is 15.9 Å². The van der Waals surface area contributed by atoms with Crippen molar-refractivity contribution >= 4 is 21.6 Å². The smallest absolute Gasteiger partial charge is 0.159 e. The molecule has 1 aromatic heterocycles. The Balaban J connectivity index is 2.06. The van der Waals surface area contributed by atoms with Crippen molar-refractivity contribution in [2.24, 2.45) is 11.8 Å². The van der Waals surface area contributed by atoms with Crippen LogP contribution in [0.25, 0.3) is 0 Å². The summed E-state index contributed by atoms with van der Waals surface area (Å²) in [5, 5.41) is 0. The van der Waals surface area contributed by atoms with E-state index in [1.54, 1.807) is 12.4 Å². The number of halogens is 1. The summed E-state index contributed by atoms with van der Waals surface area (Å²) in [6, 6.07) is 0. The van der Waals surface area contributed by atoms with E-state index in [2.05, 4.69) is 34.8 Å². The van der Waals surface area contributed by atoms with E-state index in [0.717, 1.165) is 34.9 Å². The first-order chi connectivity index (χ1) is 8.08. The van der Waals surface area contributed by atoms with Gasteiger partial charge in [-0.3, -0.25) is 4.98 Å². The van der Waals surface area contributed by atoms with E-state index in [9.17, 15) is 0 Å². The number of aromatic nitrogens is 1. The van der Waals surface area contributed by atoms with Crippen molar-refractivity contribution in [3.8, 4) is 5.75 Å². The van der Waals surface area contributed by atoms with Crippen LogP contribution < -0.4 is 10.5 Å². The predicted octanol–water partition coefficient (Wildman–Crippen LogP) is 3.63. The number of nitrogen functional groups attached to an aromatic ring is 1. The molecule has 94 valence electrons. The van der Waals surface area contributed by atoms with Gasteiger partial charge in [-0.1, -0.05) is 13.8 Å². The molecule has 2 N–H and O–H groups in total. The highest BCUT2D eigenvalue weighted by Crippen LogP contribution is 2.36. The summed E-state index contributed by atoms with van der Waals surface area (Å²) < 4.78 is 6.86. The molecule has 0 radical (unpaired) electrons. The summed E-state index contributed by atoms with van der Waals surface area (Å²) in [7, 11) is 0. The van der Waals surface area contributed by atoms with Gasteiger partial charge in [-0.25, -0.2) is 0 Å². The van der Waals surface area contributed by atoms with E-state index < -0.39 is 0 Å². The zero-order chi connectivity index (χ0) is 12.4. The fourth-order valence-corrected chi connectivity index (χ4v) is 2.77. The van der Waals surface area contributed by atoms with Crippen LogP contribution in [0, 0.1) is 11.8 Å². The minimum Gasteiger partial charge on any atom is -0.487 e. The third kappa shape index (κ3) is 2.92. The number of pyridine rings is 1. The number of rotatable bonds is 2. The van der Waals surface area contributed by atoms with E-state index in [1.165, 1.54) is 6.42 Å². The lowest BCUT2D eigenvalue weighted by atomic mass is 9.80. The van der Waals surface area contributed by atoms with E-state index in [1.807, 2.05) is 0 Å². The Labute approximate surface area is 111 Å². The van der Waals surface area contributed by atoms with Gasteiger partial charge in [-0.05, 0) is 47.0 Å². The average molecular weight is 299 g/mol. The molecule has 17 heavy (non-hydrogen) atoms. The summed E-state index contributed by atoms with van der Waals surface area (Å²) in [5.74, 6) is 2.26. The molecule has 0 aliphatic heterocycles. The maximum absolute atomic E-state index is 6.02. The quantitative estimate of drug-likeness (QED) is 0.907. The maximum atomic E-state index is 6.02. The lowest BCUT2D eigenvalue weighted by Gasteiger charge is -2.32. The van der Waals surface area contributed by atoms with Gasteiger partial charge in [0.25, 0.3) is 0 Å². The molecule has 0 saturated heterocycles. The van der Waals surface area contributed by atoms with Gasteiger partial charge in [0.2, 0.25) is 0 Å². The van der Waals surface area contributed by atoms with Gasteiger partial charge in [-0.15, -0.1) is 0 Å². The standard InChI is InChI=1S/C13H19BrN2O/c1-8-3-4-10(5-9(8)2)17-13-11(14)6-16-7-12(13)15/h6-10H,3-5,15H2,1-2H3. The molecule has 3 atom stereocenters. The van der Waals surface area contributed by atoms with Gasteiger partial charge in [0.05, 0.1) is 22.5 Å². The van der Waals surface area contributed by atoms with Gasteiger partial charge in [0.15, 0.2) is 5.75 Å². The SMILES string of the molecule is CC1CCC(Oc2c(N)cncc2Br)CC1C. The second kappa shape index (κ2) is 5.25. The lowest BCUT2D eigenvalue weighted by Crippen LogP contribution is -2.29. The molecule has 1 aliphatic rings. The number of hydrogen-bond donors (Lipinski definition) is 1. The summed E-state index contributed by atoms with van der Waals surface area (Å²) in [6.07, 6.45) is 7.08. The van der Waals surface area contributed by atoms with Crippen LogP contribution in [0.4, 0.5) is 5.69 Å². The van der Waals surface area contributed by atoms with Crippen LogP contribution in [0.1, 0.15) is 33.1 Å². The Kier molecular flexibility index (Phi) is 3.92. The largest absolute Gasteiger partial charge is 0.487 e. The molecular formula is C13H19BrN2O. The summed E-state index contributed by atoms with van der Waals surface area (Å²) >= 11 is 3.43. The Morgan fingerprint density at radius 1 is 1.29 bits per heavy atom. The van der Waals surface area contributed by atoms with E-state index >= 15 is 0 Å². The molecule has 1 saturated carbocycles. The normalized spacial score (nSPS) is 29.0. The van der Waals surface area contributed by atoms with Crippen molar-refractivity contribution in [1.29, 1.82) is 0 Å². The highest BCUT2D eigenvalue weighted by molar-refractivity contribution is 9.10. The third-order valence-electron chi connectivity index (χ3n) is 3.72. The van der Waals surface area contributed by atoms with Crippen molar-refractivity contribution in [1.82, 2.24) is 4.98 Å². The predicted molar refractivity (Wildman–Crippen MR) is 72.9 cm³/mol. The fraction of sp³-hybridized carbons (Fsp3) is 0.615. The average Bonchev–Trinajstić information content (AvgIpc) is 2.28. The lowest BCUT2D eigenvalue weighted by molar-refractivity contribution is 0.101. The van der Waals surface area contributed by atoms with Gasteiger partial charge in [0.1, 0.15) is 0 Å². The molecule has 4 heteroatoms. The number of nitrogens with two attached hydrogens (primary N) is 1. The van der Waals surface area contributed by atoms with Crippen molar-refractivity contribution < 1.29 is 4.74 Å². The highest BCUT2D eigenvalue weighted by Gasteiger charge is 2.26. The molecule has 1 aliphatic carbocycles. The van der Waals surface area contributed by atoms with Crippen LogP contribution in [0.5, 0.6) is 5.75 Å². The molecule has 0 spiro atoms. The van der Waals surface area contributed by atoms with Crippen LogP contribution in [-0.2, 0) is 0 Å². The van der Waals surface area contributed by atoms with Crippen molar-refractivity contribution in [3.05, 3.63) is 16.9 Å². The first-order valence-electron chi connectivity index (χ1n) is 6.13. The van der Waals surface area contributed by atoms with E-state index in [4.69, 9.17) is 10.5 Å². The van der Waals surface area contributed by atoms with Gasteiger partial charge in [0, 0.05) is 6.20 Å². The van der Waals surface area contributed by atoms with Gasteiger partial charge >= 0.3 is 0 Å². The molecule has 1 aromatic rings. The van der Waals surface area contributed by atoms with Crippen LogP contribution in [0.2, 0.25) is 0 Å². The van der Waals surface area contributed by atoms with Crippen molar-refractivity contribution in [2.45, 2.75) is 39.2 Å². The van der Waals surface area contributed by atoms with Crippen molar-refractivity contribution in [3.63, 3.8) is 0 Å². The zero-order valence-corrected chi connectivity index (χ0v) is 11.9. The molecule has 0 bridgehead atoms. The number of anilines is 1. The van der Waals surface area contributed by atoms with Crippen LogP contribution in [0.15, 0.2) is 16.9 Å². The summed E-state index contributed by atoms with van der Waals surface area (Å²) in [5.41, 5.74) is 6.49. The molecule has 1 fully saturated rings. The second-order valence-corrected chi connectivity index (χ2v) is 5.90. The molecule has 0 aromatic carbocycles. The monoisotopic (exact) mass is 298 g/mol. The fourth-order valence-electron chi connectivity index (χ4n) is 2.33. The Morgan fingerprint density at radius 2 is 2.06 bits per heavy atom. The number of ether oxygens (including phenoxy) is 1.